The lowest BCUT2D eigenvalue weighted by Gasteiger charge is -2.24. The molecule has 4 rings (SSSR count). The van der Waals surface area contributed by atoms with Crippen LogP contribution < -0.4 is 19.6 Å². The van der Waals surface area contributed by atoms with Crippen LogP contribution in [0.5, 0.6) is 23.0 Å². The van der Waals surface area contributed by atoms with Gasteiger partial charge >= 0.3 is 0 Å². The van der Waals surface area contributed by atoms with Crippen LogP contribution in [0, 0.1) is 0 Å². The second-order valence-electron chi connectivity index (χ2n) is 10.5. The van der Waals surface area contributed by atoms with E-state index in [1.165, 1.54) is 18.3 Å². The molecule has 0 aliphatic carbocycles. The van der Waals surface area contributed by atoms with E-state index >= 15 is 0 Å². The van der Waals surface area contributed by atoms with E-state index in [0.29, 0.717) is 45.8 Å². The summed E-state index contributed by atoms with van der Waals surface area (Å²) in [5.74, 6) is 1.13. The number of aliphatic hydroxyl groups is 1. The van der Waals surface area contributed by atoms with E-state index in [4.69, 9.17) is 18.6 Å². The molecule has 0 spiro atoms. The molecule has 37 heavy (non-hydrogen) atoms. The van der Waals surface area contributed by atoms with Crippen molar-refractivity contribution in [1.82, 2.24) is 0 Å². The number of phenols is 1. The molecular formula is C30H36O7. The van der Waals surface area contributed by atoms with Gasteiger partial charge < -0.3 is 28.8 Å². The first-order valence-electron chi connectivity index (χ1n) is 12.5. The number of allylic oxidation sites excluding steroid dienone is 4. The molecule has 1 aliphatic heterocycles. The maximum Gasteiger partial charge on any atom is 0.204 e. The van der Waals surface area contributed by atoms with Crippen LogP contribution in [-0.2, 0) is 12.8 Å². The third kappa shape index (κ3) is 5.05. The summed E-state index contributed by atoms with van der Waals surface area (Å²) in [7, 11) is 3.08. The van der Waals surface area contributed by atoms with Crippen LogP contribution in [0.25, 0.3) is 21.9 Å². The Morgan fingerprint density at radius 2 is 1.81 bits per heavy atom. The molecule has 0 amide bonds. The van der Waals surface area contributed by atoms with E-state index in [1.807, 2.05) is 0 Å². The van der Waals surface area contributed by atoms with Crippen LogP contribution in [0.2, 0.25) is 0 Å². The number of rotatable bonds is 8. The lowest BCUT2D eigenvalue weighted by Crippen LogP contribution is -2.39. The average Bonchev–Trinajstić information content (AvgIpc) is 3.26. The van der Waals surface area contributed by atoms with Gasteiger partial charge in [-0.3, -0.25) is 4.79 Å². The summed E-state index contributed by atoms with van der Waals surface area (Å²) in [6, 6.07) is 3.25. The van der Waals surface area contributed by atoms with E-state index in [-0.39, 0.29) is 28.6 Å². The molecule has 0 saturated carbocycles. The van der Waals surface area contributed by atoms with E-state index in [1.54, 1.807) is 33.1 Å². The second-order valence-corrected chi connectivity index (χ2v) is 10.5. The first kappa shape index (κ1) is 26.6. The lowest BCUT2D eigenvalue weighted by atomic mass is 9.95. The summed E-state index contributed by atoms with van der Waals surface area (Å²) in [6.45, 7) is 9.53. The Hall–Kier alpha value is -3.45. The SMILES string of the molecule is COc1cc2oc3cc4c(c(O)c3c(=O)c2c(CC=C(C)CCC=C(C)C)c1OC)CC(C(C)(C)O)O4. The van der Waals surface area contributed by atoms with Crippen molar-refractivity contribution in [2.45, 2.75) is 72.0 Å². The third-order valence-electron chi connectivity index (χ3n) is 6.93. The Labute approximate surface area is 217 Å². The van der Waals surface area contributed by atoms with E-state index in [9.17, 15) is 15.0 Å². The van der Waals surface area contributed by atoms with Gasteiger partial charge in [-0.15, -0.1) is 0 Å². The Morgan fingerprint density at radius 1 is 1.11 bits per heavy atom. The number of ether oxygens (including phenoxy) is 3. The molecule has 198 valence electrons. The topological polar surface area (TPSA) is 98.4 Å². The van der Waals surface area contributed by atoms with Gasteiger partial charge in [0.1, 0.15) is 34.2 Å². The van der Waals surface area contributed by atoms with Gasteiger partial charge in [-0.1, -0.05) is 23.3 Å². The Balaban J connectivity index is 1.91. The summed E-state index contributed by atoms with van der Waals surface area (Å²) >= 11 is 0. The Morgan fingerprint density at radius 3 is 2.43 bits per heavy atom. The van der Waals surface area contributed by atoms with E-state index < -0.39 is 11.7 Å². The first-order chi connectivity index (χ1) is 17.5. The zero-order valence-corrected chi connectivity index (χ0v) is 22.7. The number of methoxy groups -OCH3 is 2. The van der Waals surface area contributed by atoms with Crippen molar-refractivity contribution < 1.29 is 28.8 Å². The molecule has 2 heterocycles. The summed E-state index contributed by atoms with van der Waals surface area (Å²) in [5.41, 5.74) is 2.66. The van der Waals surface area contributed by atoms with Crippen LogP contribution in [0.15, 0.2) is 44.6 Å². The maximum absolute atomic E-state index is 13.9. The van der Waals surface area contributed by atoms with Gasteiger partial charge in [0.25, 0.3) is 0 Å². The third-order valence-corrected chi connectivity index (χ3v) is 6.93. The van der Waals surface area contributed by atoms with Gasteiger partial charge in [0.2, 0.25) is 5.43 Å². The minimum Gasteiger partial charge on any atom is -0.507 e. The smallest absolute Gasteiger partial charge is 0.204 e. The average molecular weight is 509 g/mol. The molecule has 1 atom stereocenters. The quantitative estimate of drug-likeness (QED) is 0.285. The first-order valence-corrected chi connectivity index (χ1v) is 12.5. The molecule has 0 fully saturated rings. The van der Waals surface area contributed by atoms with Gasteiger partial charge in [0, 0.05) is 29.7 Å². The molecule has 0 bridgehead atoms. The summed E-state index contributed by atoms with van der Waals surface area (Å²) < 4.78 is 23.3. The van der Waals surface area contributed by atoms with Gasteiger partial charge in [-0.2, -0.15) is 0 Å². The Kier molecular flexibility index (Phi) is 7.29. The molecule has 7 heteroatoms. The number of hydrogen-bond acceptors (Lipinski definition) is 7. The van der Waals surface area contributed by atoms with Gasteiger partial charge in [0.15, 0.2) is 11.5 Å². The van der Waals surface area contributed by atoms with Crippen LogP contribution in [0.4, 0.5) is 0 Å². The molecular weight excluding hydrogens is 472 g/mol. The molecule has 0 radical (unpaired) electrons. The van der Waals surface area contributed by atoms with E-state index in [0.717, 1.165) is 12.8 Å². The number of phenolic OH excluding ortho intramolecular Hbond substituents is 1. The minimum atomic E-state index is -1.12. The van der Waals surface area contributed by atoms with Crippen molar-refractivity contribution in [2.24, 2.45) is 0 Å². The molecule has 1 unspecified atom stereocenters. The maximum atomic E-state index is 13.9. The monoisotopic (exact) mass is 508 g/mol. The zero-order valence-electron chi connectivity index (χ0n) is 22.7. The fourth-order valence-corrected chi connectivity index (χ4v) is 4.82. The predicted octanol–water partition coefficient (Wildman–Crippen LogP) is 5.98. The second kappa shape index (κ2) is 10.1. The predicted molar refractivity (Wildman–Crippen MR) is 145 cm³/mol. The zero-order chi connectivity index (χ0) is 27.1. The van der Waals surface area contributed by atoms with Crippen molar-refractivity contribution in [3.63, 3.8) is 0 Å². The van der Waals surface area contributed by atoms with Gasteiger partial charge in [-0.05, 0) is 53.9 Å². The normalized spacial score (nSPS) is 15.6. The highest BCUT2D eigenvalue weighted by molar-refractivity contribution is 5.98. The summed E-state index contributed by atoms with van der Waals surface area (Å²) in [4.78, 5) is 13.9. The van der Waals surface area contributed by atoms with Crippen molar-refractivity contribution >= 4 is 21.9 Å². The highest BCUT2D eigenvalue weighted by atomic mass is 16.5. The number of aromatic hydroxyl groups is 1. The molecule has 1 aromatic heterocycles. The van der Waals surface area contributed by atoms with Crippen LogP contribution in [0.1, 0.15) is 58.6 Å². The van der Waals surface area contributed by atoms with Crippen molar-refractivity contribution in [3.8, 4) is 23.0 Å². The largest absolute Gasteiger partial charge is 0.507 e. The number of benzene rings is 2. The lowest BCUT2D eigenvalue weighted by molar-refractivity contribution is -0.0229. The standard InChI is InChI=1S/C30H36O7/c1-16(2)9-8-10-17(3)11-12-18-25-21(15-23(34-6)29(18)35-7)36-22-14-20-19(27(31)26(22)28(25)32)13-24(37-20)30(4,5)33/h9,11,14-15,24,31,33H,8,10,12-13H2,1-7H3. The van der Waals surface area contributed by atoms with Crippen molar-refractivity contribution in [3.05, 3.63) is 56.8 Å². The van der Waals surface area contributed by atoms with Crippen molar-refractivity contribution in [2.75, 3.05) is 14.2 Å². The molecule has 7 nitrogen and oxygen atoms in total. The van der Waals surface area contributed by atoms with Crippen LogP contribution in [0.3, 0.4) is 0 Å². The minimum absolute atomic E-state index is 0.0870. The van der Waals surface area contributed by atoms with Crippen molar-refractivity contribution in [1.29, 1.82) is 0 Å². The van der Waals surface area contributed by atoms with Gasteiger partial charge in [-0.25, -0.2) is 0 Å². The molecule has 2 aromatic carbocycles. The fourth-order valence-electron chi connectivity index (χ4n) is 4.82. The summed E-state index contributed by atoms with van der Waals surface area (Å²) in [5, 5.41) is 22.0. The van der Waals surface area contributed by atoms with Gasteiger partial charge in [0.05, 0.1) is 25.2 Å². The highest BCUT2D eigenvalue weighted by Gasteiger charge is 2.37. The fraction of sp³-hybridized carbons (Fsp3) is 0.433. The highest BCUT2D eigenvalue weighted by Crippen LogP contribution is 2.44. The summed E-state index contributed by atoms with van der Waals surface area (Å²) in [6.07, 6.45) is 6.30. The molecule has 2 N–H and O–H groups in total. The number of hydrogen-bond donors (Lipinski definition) is 2. The molecule has 0 saturated heterocycles. The number of fused-ring (bicyclic) bond motifs is 3. The Bertz CT molecular complexity index is 1460. The van der Waals surface area contributed by atoms with E-state index in [2.05, 4.69) is 32.9 Å². The van der Waals surface area contributed by atoms with Crippen LogP contribution in [-0.4, -0.2) is 36.1 Å². The molecule has 1 aliphatic rings. The molecule has 3 aromatic rings. The van der Waals surface area contributed by atoms with Crippen LogP contribution >= 0.6 is 0 Å².